The van der Waals surface area contributed by atoms with Gasteiger partial charge in [-0.15, -0.1) is 0 Å². The smallest absolute Gasteiger partial charge is 0.360 e. The minimum Gasteiger partial charge on any atom is -0.508 e. The van der Waals surface area contributed by atoms with Crippen LogP contribution in [0.15, 0.2) is 29.1 Å². The zero-order valence-electron chi connectivity index (χ0n) is 10.6. The standard InChI is InChI=1S/C13H12N2O5/c1-20-13(19)10-11(17)12(18)15-9(14-10)6-7-2-4-8(16)5-3-7/h2-5,16-17H,6H2,1H3,(H,14,15,18). The van der Waals surface area contributed by atoms with Crippen LogP contribution in [0.25, 0.3) is 0 Å². The summed E-state index contributed by atoms with van der Waals surface area (Å²) < 4.78 is 4.45. The summed E-state index contributed by atoms with van der Waals surface area (Å²) in [7, 11) is 1.13. The van der Waals surface area contributed by atoms with E-state index in [9.17, 15) is 19.8 Å². The fourth-order valence-electron chi connectivity index (χ4n) is 1.64. The molecule has 0 spiro atoms. The molecule has 7 heteroatoms. The predicted molar refractivity (Wildman–Crippen MR) is 68.8 cm³/mol. The molecule has 1 aromatic carbocycles. The first kappa shape index (κ1) is 13.6. The molecule has 0 aliphatic rings. The van der Waals surface area contributed by atoms with Crippen molar-refractivity contribution in [3.05, 3.63) is 51.7 Å². The Hall–Kier alpha value is -2.83. The van der Waals surface area contributed by atoms with Crippen molar-refractivity contribution in [1.82, 2.24) is 9.97 Å². The summed E-state index contributed by atoms with van der Waals surface area (Å²) in [5, 5.41) is 18.7. The largest absolute Gasteiger partial charge is 0.508 e. The van der Waals surface area contributed by atoms with Crippen LogP contribution in [0.2, 0.25) is 0 Å². The van der Waals surface area contributed by atoms with Gasteiger partial charge in [0.05, 0.1) is 7.11 Å². The number of aromatic hydroxyl groups is 2. The lowest BCUT2D eigenvalue weighted by Crippen LogP contribution is -2.18. The Morgan fingerprint density at radius 3 is 2.55 bits per heavy atom. The molecule has 2 rings (SSSR count). The van der Waals surface area contributed by atoms with Crippen LogP contribution in [0.5, 0.6) is 11.5 Å². The lowest BCUT2D eigenvalue weighted by molar-refractivity contribution is 0.0589. The van der Waals surface area contributed by atoms with Gasteiger partial charge in [-0.05, 0) is 17.7 Å². The minimum absolute atomic E-state index is 0.121. The van der Waals surface area contributed by atoms with Crippen molar-refractivity contribution in [2.75, 3.05) is 7.11 Å². The molecule has 0 saturated carbocycles. The van der Waals surface area contributed by atoms with E-state index < -0.39 is 23.0 Å². The Morgan fingerprint density at radius 2 is 1.95 bits per heavy atom. The van der Waals surface area contributed by atoms with Crippen molar-refractivity contribution in [3.63, 3.8) is 0 Å². The molecule has 0 fully saturated rings. The number of carbonyl (C=O) groups excluding carboxylic acids is 1. The predicted octanol–water partition coefficient (Wildman–Crippen LogP) is 0.558. The third-order valence-corrected chi connectivity index (χ3v) is 2.63. The Balaban J connectivity index is 2.38. The van der Waals surface area contributed by atoms with Crippen molar-refractivity contribution < 1.29 is 19.7 Å². The molecule has 104 valence electrons. The number of aromatic amines is 1. The van der Waals surface area contributed by atoms with E-state index in [4.69, 9.17) is 0 Å². The van der Waals surface area contributed by atoms with E-state index in [1.54, 1.807) is 12.1 Å². The van der Waals surface area contributed by atoms with E-state index >= 15 is 0 Å². The molecule has 20 heavy (non-hydrogen) atoms. The summed E-state index contributed by atoms with van der Waals surface area (Å²) >= 11 is 0. The molecule has 0 radical (unpaired) electrons. The molecule has 0 amide bonds. The lowest BCUT2D eigenvalue weighted by Gasteiger charge is -2.05. The molecule has 0 aliphatic carbocycles. The number of nitrogens with one attached hydrogen (secondary N) is 1. The van der Waals surface area contributed by atoms with Crippen LogP contribution in [0.4, 0.5) is 0 Å². The first-order valence-corrected chi connectivity index (χ1v) is 5.69. The number of carbonyl (C=O) groups is 1. The van der Waals surface area contributed by atoms with Crippen molar-refractivity contribution >= 4 is 5.97 Å². The highest BCUT2D eigenvalue weighted by molar-refractivity contribution is 5.89. The maximum atomic E-state index is 11.5. The van der Waals surface area contributed by atoms with Crippen LogP contribution < -0.4 is 5.56 Å². The second kappa shape index (κ2) is 5.43. The molecule has 0 aliphatic heterocycles. The number of benzene rings is 1. The summed E-state index contributed by atoms with van der Waals surface area (Å²) in [6.45, 7) is 0. The minimum atomic E-state index is -0.888. The highest BCUT2D eigenvalue weighted by Crippen LogP contribution is 2.14. The van der Waals surface area contributed by atoms with Crippen LogP contribution in [0.3, 0.4) is 0 Å². The van der Waals surface area contributed by atoms with E-state index in [-0.39, 0.29) is 18.0 Å². The molecule has 0 saturated heterocycles. The first-order chi connectivity index (χ1) is 9.51. The number of H-pyrrole nitrogens is 1. The van der Waals surface area contributed by atoms with Gasteiger partial charge in [0, 0.05) is 6.42 Å². The molecule has 2 aromatic rings. The van der Waals surface area contributed by atoms with Crippen molar-refractivity contribution in [2.24, 2.45) is 0 Å². The fraction of sp³-hybridized carbons (Fsp3) is 0.154. The third-order valence-electron chi connectivity index (χ3n) is 2.63. The summed E-state index contributed by atoms with van der Waals surface area (Å²) in [6, 6.07) is 6.30. The number of nitrogens with zero attached hydrogens (tertiary/aromatic N) is 1. The molecular formula is C13H12N2O5. The number of hydrogen-bond donors (Lipinski definition) is 3. The molecule has 3 N–H and O–H groups in total. The van der Waals surface area contributed by atoms with Crippen LogP contribution in [0, 0.1) is 0 Å². The number of aromatic nitrogens is 2. The van der Waals surface area contributed by atoms with Gasteiger partial charge in [-0.2, -0.15) is 0 Å². The van der Waals surface area contributed by atoms with E-state index in [1.807, 2.05) is 0 Å². The summed E-state index contributed by atoms with van der Waals surface area (Å²) in [5.74, 6) is -1.33. The fourth-order valence-corrected chi connectivity index (χ4v) is 1.64. The topological polar surface area (TPSA) is 113 Å². The Bertz CT molecular complexity index is 691. The zero-order valence-corrected chi connectivity index (χ0v) is 10.6. The van der Waals surface area contributed by atoms with Gasteiger partial charge in [-0.1, -0.05) is 12.1 Å². The number of methoxy groups -OCH3 is 1. The average molecular weight is 276 g/mol. The third kappa shape index (κ3) is 2.77. The molecule has 0 bridgehead atoms. The molecular weight excluding hydrogens is 264 g/mol. The first-order valence-electron chi connectivity index (χ1n) is 5.69. The SMILES string of the molecule is COC(=O)c1nc(Cc2ccc(O)cc2)[nH]c(=O)c1O. The zero-order chi connectivity index (χ0) is 14.7. The second-order valence-electron chi connectivity index (χ2n) is 4.04. The molecule has 7 nitrogen and oxygen atoms in total. The molecule has 1 aromatic heterocycles. The van der Waals surface area contributed by atoms with E-state index in [0.29, 0.717) is 0 Å². The van der Waals surface area contributed by atoms with Gasteiger partial charge in [0.2, 0.25) is 5.75 Å². The van der Waals surface area contributed by atoms with Crippen LogP contribution in [0.1, 0.15) is 21.9 Å². The van der Waals surface area contributed by atoms with Gasteiger partial charge in [-0.3, -0.25) is 4.79 Å². The summed E-state index contributed by atoms with van der Waals surface area (Å²) in [6.07, 6.45) is 0.236. The molecule has 0 atom stereocenters. The van der Waals surface area contributed by atoms with Gasteiger partial charge in [-0.25, -0.2) is 9.78 Å². The molecule has 1 heterocycles. The van der Waals surface area contributed by atoms with E-state index in [0.717, 1.165) is 12.7 Å². The quantitative estimate of drug-likeness (QED) is 0.706. The van der Waals surface area contributed by atoms with Crippen LogP contribution in [-0.2, 0) is 11.2 Å². The van der Waals surface area contributed by atoms with Gasteiger partial charge in [0.1, 0.15) is 11.6 Å². The van der Waals surface area contributed by atoms with Gasteiger partial charge in [0.25, 0.3) is 5.56 Å². The maximum absolute atomic E-state index is 11.5. The van der Waals surface area contributed by atoms with Gasteiger partial charge < -0.3 is 19.9 Å². The van der Waals surface area contributed by atoms with Gasteiger partial charge >= 0.3 is 5.97 Å². The number of phenols is 1. The number of ether oxygens (including phenoxy) is 1. The summed E-state index contributed by atoms with van der Waals surface area (Å²) in [4.78, 5) is 29.2. The lowest BCUT2D eigenvalue weighted by atomic mass is 10.1. The van der Waals surface area contributed by atoms with Crippen molar-refractivity contribution in [1.29, 1.82) is 0 Å². The number of hydrogen-bond acceptors (Lipinski definition) is 6. The highest BCUT2D eigenvalue weighted by atomic mass is 16.5. The Labute approximate surface area is 113 Å². The number of esters is 1. The second-order valence-corrected chi connectivity index (χ2v) is 4.04. The van der Waals surface area contributed by atoms with Crippen LogP contribution in [-0.4, -0.2) is 33.3 Å². The molecule has 0 unspecified atom stereocenters. The highest BCUT2D eigenvalue weighted by Gasteiger charge is 2.18. The number of phenolic OH excluding ortho intramolecular Hbond substituents is 1. The van der Waals surface area contributed by atoms with Crippen molar-refractivity contribution in [3.8, 4) is 11.5 Å². The summed E-state index contributed by atoms with van der Waals surface area (Å²) in [5.41, 5.74) is -0.466. The normalized spacial score (nSPS) is 10.2. The Kier molecular flexibility index (Phi) is 3.69. The van der Waals surface area contributed by atoms with Crippen LogP contribution >= 0.6 is 0 Å². The number of rotatable bonds is 3. The van der Waals surface area contributed by atoms with E-state index in [2.05, 4.69) is 14.7 Å². The Morgan fingerprint density at radius 1 is 1.30 bits per heavy atom. The van der Waals surface area contributed by atoms with Crippen molar-refractivity contribution in [2.45, 2.75) is 6.42 Å². The monoisotopic (exact) mass is 276 g/mol. The average Bonchev–Trinajstić information content (AvgIpc) is 2.44. The maximum Gasteiger partial charge on any atom is 0.360 e. The van der Waals surface area contributed by atoms with E-state index in [1.165, 1.54) is 12.1 Å². The van der Waals surface area contributed by atoms with Gasteiger partial charge in [0.15, 0.2) is 5.69 Å².